The molecule has 0 radical (unpaired) electrons. The number of halogens is 3. The number of hydrogen-bond donors (Lipinski definition) is 1. The number of nitrogens with zero attached hydrogens (tertiary/aromatic N) is 4. The first-order valence-electron chi connectivity index (χ1n) is 5.86. The molecule has 3 rings (SSSR count). The van der Waals surface area contributed by atoms with Gasteiger partial charge in [0.25, 0.3) is 0 Å². The van der Waals surface area contributed by atoms with Crippen LogP contribution in [0.3, 0.4) is 0 Å². The molecule has 21 heavy (non-hydrogen) atoms. The van der Waals surface area contributed by atoms with Gasteiger partial charge in [0, 0.05) is 11.8 Å². The van der Waals surface area contributed by atoms with E-state index >= 15 is 0 Å². The Labute approximate surface area is 129 Å². The lowest BCUT2D eigenvalue weighted by atomic mass is 10.1. The van der Waals surface area contributed by atoms with Crippen molar-refractivity contribution < 1.29 is 4.39 Å². The van der Waals surface area contributed by atoms with Crippen molar-refractivity contribution in [3.8, 4) is 17.1 Å². The van der Waals surface area contributed by atoms with E-state index in [1.54, 1.807) is 24.3 Å². The highest BCUT2D eigenvalue weighted by atomic mass is 35.5. The summed E-state index contributed by atoms with van der Waals surface area (Å²) in [5.41, 5.74) is 7.25. The van der Waals surface area contributed by atoms with E-state index in [-0.39, 0.29) is 5.02 Å². The molecule has 0 atom stereocenters. The molecule has 0 saturated heterocycles. The van der Waals surface area contributed by atoms with Crippen LogP contribution in [0.25, 0.3) is 17.1 Å². The third kappa shape index (κ3) is 2.43. The third-order valence-corrected chi connectivity index (χ3v) is 3.51. The number of nitrogen functional groups attached to an aromatic ring is 1. The Bertz CT molecular complexity index is 798. The van der Waals surface area contributed by atoms with E-state index in [0.29, 0.717) is 27.8 Å². The molecule has 0 spiro atoms. The lowest BCUT2D eigenvalue weighted by Crippen LogP contribution is -2.02. The molecule has 0 saturated carbocycles. The predicted molar refractivity (Wildman–Crippen MR) is 79.0 cm³/mol. The largest absolute Gasteiger partial charge is 0.398 e. The summed E-state index contributed by atoms with van der Waals surface area (Å²) >= 11 is 11.8. The lowest BCUT2D eigenvalue weighted by molar-refractivity contribution is 0.625. The SMILES string of the molecule is Nc1cccc(Cl)c1-c1nnnn1-c1ccc(Cl)c(F)c1. The maximum absolute atomic E-state index is 13.6. The van der Waals surface area contributed by atoms with Gasteiger partial charge < -0.3 is 5.73 Å². The highest BCUT2D eigenvalue weighted by Crippen LogP contribution is 2.32. The van der Waals surface area contributed by atoms with Crippen molar-refractivity contribution in [3.05, 3.63) is 52.3 Å². The van der Waals surface area contributed by atoms with Gasteiger partial charge in [0.15, 0.2) is 5.82 Å². The van der Waals surface area contributed by atoms with E-state index in [1.807, 2.05) is 0 Å². The van der Waals surface area contributed by atoms with Gasteiger partial charge >= 0.3 is 0 Å². The molecule has 0 amide bonds. The van der Waals surface area contributed by atoms with Crippen LogP contribution >= 0.6 is 23.2 Å². The van der Waals surface area contributed by atoms with Crippen LogP contribution in [0.15, 0.2) is 36.4 Å². The van der Waals surface area contributed by atoms with Gasteiger partial charge in [-0.25, -0.2) is 4.39 Å². The molecule has 5 nitrogen and oxygen atoms in total. The first kappa shape index (κ1) is 13.8. The van der Waals surface area contributed by atoms with E-state index in [0.717, 1.165) is 0 Å². The summed E-state index contributed by atoms with van der Waals surface area (Å²) in [7, 11) is 0. The minimum Gasteiger partial charge on any atom is -0.398 e. The van der Waals surface area contributed by atoms with Crippen LogP contribution < -0.4 is 5.73 Å². The topological polar surface area (TPSA) is 69.6 Å². The summed E-state index contributed by atoms with van der Waals surface area (Å²) < 4.78 is 14.9. The Hall–Kier alpha value is -2.18. The number of rotatable bonds is 2. The van der Waals surface area contributed by atoms with E-state index in [4.69, 9.17) is 28.9 Å². The normalized spacial score (nSPS) is 10.8. The minimum absolute atomic E-state index is 0.0191. The summed E-state index contributed by atoms with van der Waals surface area (Å²) in [6.07, 6.45) is 0. The molecular formula is C13H8Cl2FN5. The maximum atomic E-state index is 13.6. The molecule has 1 aromatic heterocycles. The molecule has 0 aliphatic heterocycles. The van der Waals surface area contributed by atoms with Gasteiger partial charge in [-0.3, -0.25) is 0 Å². The smallest absolute Gasteiger partial charge is 0.190 e. The zero-order chi connectivity index (χ0) is 15.0. The predicted octanol–water partition coefficient (Wildman–Crippen LogP) is 3.36. The standard InChI is InChI=1S/C13H8Cl2FN5/c14-8-5-4-7(6-10(8)16)21-13(18-19-20-21)12-9(15)2-1-3-11(12)17/h1-6H,17H2. The van der Waals surface area contributed by atoms with Crippen LogP contribution in [-0.4, -0.2) is 20.2 Å². The molecule has 2 aromatic carbocycles. The van der Waals surface area contributed by atoms with E-state index in [9.17, 15) is 4.39 Å². The van der Waals surface area contributed by atoms with Crippen LogP contribution in [0.4, 0.5) is 10.1 Å². The second-order valence-electron chi connectivity index (χ2n) is 4.22. The van der Waals surface area contributed by atoms with Gasteiger partial charge in [-0.2, -0.15) is 4.68 Å². The molecule has 2 N–H and O–H groups in total. The van der Waals surface area contributed by atoms with Gasteiger partial charge in [0.05, 0.1) is 21.3 Å². The van der Waals surface area contributed by atoms with Crippen LogP contribution in [0.1, 0.15) is 0 Å². The molecule has 3 aromatic rings. The average molecular weight is 324 g/mol. The highest BCUT2D eigenvalue weighted by molar-refractivity contribution is 6.33. The van der Waals surface area contributed by atoms with Crippen molar-refractivity contribution in [2.75, 3.05) is 5.73 Å². The summed E-state index contributed by atoms with van der Waals surface area (Å²) in [4.78, 5) is 0. The number of benzene rings is 2. The van der Waals surface area contributed by atoms with Crippen LogP contribution in [0.5, 0.6) is 0 Å². The number of nitrogens with two attached hydrogens (primary N) is 1. The molecule has 106 valence electrons. The number of aromatic nitrogens is 4. The Kier molecular flexibility index (Phi) is 3.48. The molecule has 0 aliphatic carbocycles. The molecule has 0 fully saturated rings. The number of hydrogen-bond acceptors (Lipinski definition) is 4. The van der Waals surface area contributed by atoms with Crippen molar-refractivity contribution in [1.82, 2.24) is 20.2 Å². The van der Waals surface area contributed by atoms with Crippen molar-refractivity contribution in [2.45, 2.75) is 0 Å². The number of tetrazole rings is 1. The highest BCUT2D eigenvalue weighted by Gasteiger charge is 2.17. The fraction of sp³-hybridized carbons (Fsp3) is 0. The Morgan fingerprint density at radius 2 is 1.90 bits per heavy atom. The van der Waals surface area contributed by atoms with Crippen molar-refractivity contribution in [2.24, 2.45) is 0 Å². The summed E-state index contributed by atoms with van der Waals surface area (Å²) in [6.45, 7) is 0. The van der Waals surface area contributed by atoms with E-state index < -0.39 is 5.82 Å². The van der Waals surface area contributed by atoms with E-state index in [2.05, 4.69) is 15.5 Å². The van der Waals surface area contributed by atoms with Crippen LogP contribution in [0.2, 0.25) is 10.0 Å². The van der Waals surface area contributed by atoms with Crippen LogP contribution in [-0.2, 0) is 0 Å². The van der Waals surface area contributed by atoms with Crippen molar-refractivity contribution in [3.63, 3.8) is 0 Å². The maximum Gasteiger partial charge on any atom is 0.190 e. The van der Waals surface area contributed by atoms with Crippen molar-refractivity contribution >= 4 is 28.9 Å². The van der Waals surface area contributed by atoms with Crippen LogP contribution in [0, 0.1) is 5.82 Å². The van der Waals surface area contributed by atoms with Gasteiger partial charge in [-0.15, -0.1) is 5.10 Å². The van der Waals surface area contributed by atoms with Gasteiger partial charge in [0.1, 0.15) is 5.82 Å². The lowest BCUT2D eigenvalue weighted by Gasteiger charge is -2.09. The second-order valence-corrected chi connectivity index (χ2v) is 5.03. The Morgan fingerprint density at radius 1 is 1.10 bits per heavy atom. The molecule has 0 bridgehead atoms. The van der Waals surface area contributed by atoms with Crippen molar-refractivity contribution in [1.29, 1.82) is 0 Å². The van der Waals surface area contributed by atoms with Gasteiger partial charge in [-0.05, 0) is 34.7 Å². The summed E-state index contributed by atoms with van der Waals surface area (Å²) in [5, 5.41) is 11.8. The molecule has 0 aliphatic rings. The van der Waals surface area contributed by atoms with Gasteiger partial charge in [0.2, 0.25) is 0 Å². The average Bonchev–Trinajstić information content (AvgIpc) is 2.91. The quantitative estimate of drug-likeness (QED) is 0.734. The molecule has 8 heteroatoms. The monoisotopic (exact) mass is 323 g/mol. The minimum atomic E-state index is -0.567. The third-order valence-electron chi connectivity index (χ3n) is 2.89. The molecule has 1 heterocycles. The fourth-order valence-electron chi connectivity index (χ4n) is 1.91. The zero-order valence-electron chi connectivity index (χ0n) is 10.5. The zero-order valence-corrected chi connectivity index (χ0v) is 12.0. The first-order chi connectivity index (χ1) is 10.1. The summed E-state index contributed by atoms with van der Waals surface area (Å²) in [6, 6.07) is 9.33. The summed E-state index contributed by atoms with van der Waals surface area (Å²) in [5.74, 6) is -0.248. The Morgan fingerprint density at radius 3 is 2.62 bits per heavy atom. The second kappa shape index (κ2) is 5.31. The van der Waals surface area contributed by atoms with Gasteiger partial charge in [-0.1, -0.05) is 29.3 Å². The number of anilines is 1. The fourth-order valence-corrected chi connectivity index (χ4v) is 2.29. The molecule has 0 unspecified atom stereocenters. The Balaban J connectivity index is 2.20. The molecular weight excluding hydrogens is 316 g/mol. The van der Waals surface area contributed by atoms with E-state index in [1.165, 1.54) is 16.8 Å². The first-order valence-corrected chi connectivity index (χ1v) is 6.61.